The molecular formula is C50H49N3O5. The molecule has 0 saturated heterocycles. The maximum Gasteiger partial charge on any atom is 0.119 e. The van der Waals surface area contributed by atoms with E-state index in [4.69, 9.17) is 18.9 Å². The molecule has 7 rings (SSSR count). The molecule has 0 atom stereocenters. The van der Waals surface area contributed by atoms with Gasteiger partial charge in [-0.1, -0.05) is 24.3 Å². The van der Waals surface area contributed by atoms with Crippen LogP contribution in [0.2, 0.25) is 0 Å². The van der Waals surface area contributed by atoms with Crippen molar-refractivity contribution in [2.45, 2.75) is 26.3 Å². The standard InChI is InChI=1S/C50H49N3O5/c1-50(2,3)53(54)45-33-37(35-8-12-39(13-9-35)51(41-16-24-46(55-4)25-17-41)42-18-26-47(56-5)27-19-42)32-38(34-45)36-10-14-40(15-11-36)52(43-20-28-48(57-6)29-21-43)44-22-30-49(58-7)31-23-44/h8-34,54H,1-7H3. The fourth-order valence-corrected chi connectivity index (χ4v) is 6.88. The van der Waals surface area contributed by atoms with Crippen LogP contribution in [0.1, 0.15) is 20.8 Å². The molecule has 1 N–H and O–H groups in total. The van der Waals surface area contributed by atoms with Gasteiger partial charge in [-0.2, -0.15) is 0 Å². The number of hydroxylamine groups is 1. The van der Waals surface area contributed by atoms with Crippen LogP contribution in [0.25, 0.3) is 22.3 Å². The molecule has 0 saturated carbocycles. The van der Waals surface area contributed by atoms with Crippen LogP contribution in [0.4, 0.5) is 39.8 Å². The fourth-order valence-electron chi connectivity index (χ4n) is 6.88. The Morgan fingerprint density at radius 3 is 0.793 bits per heavy atom. The van der Waals surface area contributed by atoms with Gasteiger partial charge in [0.25, 0.3) is 0 Å². The van der Waals surface area contributed by atoms with Crippen molar-refractivity contribution in [1.82, 2.24) is 0 Å². The topological polar surface area (TPSA) is 66.9 Å². The van der Waals surface area contributed by atoms with Crippen LogP contribution in [-0.4, -0.2) is 39.2 Å². The molecule has 0 aliphatic heterocycles. The molecule has 0 unspecified atom stereocenters. The van der Waals surface area contributed by atoms with E-state index in [9.17, 15) is 5.21 Å². The Morgan fingerprint density at radius 2 is 0.569 bits per heavy atom. The number of hydrogen-bond acceptors (Lipinski definition) is 8. The first-order valence-electron chi connectivity index (χ1n) is 19.1. The largest absolute Gasteiger partial charge is 0.497 e. The molecule has 0 aliphatic rings. The highest BCUT2D eigenvalue weighted by Gasteiger charge is 2.22. The molecule has 0 aromatic heterocycles. The quantitative estimate of drug-likeness (QED) is 0.116. The second kappa shape index (κ2) is 17.1. The molecule has 0 spiro atoms. The molecule has 0 radical (unpaired) electrons. The van der Waals surface area contributed by atoms with Crippen LogP contribution >= 0.6 is 0 Å². The lowest BCUT2D eigenvalue weighted by atomic mass is 9.96. The van der Waals surface area contributed by atoms with Crippen molar-refractivity contribution in [3.8, 4) is 45.3 Å². The number of anilines is 7. The minimum atomic E-state index is -0.530. The zero-order valence-electron chi connectivity index (χ0n) is 34.0. The van der Waals surface area contributed by atoms with Gasteiger partial charge in [0.1, 0.15) is 23.0 Å². The average molecular weight is 772 g/mol. The maximum atomic E-state index is 11.5. The van der Waals surface area contributed by atoms with Crippen molar-refractivity contribution in [1.29, 1.82) is 0 Å². The summed E-state index contributed by atoms with van der Waals surface area (Å²) in [4.78, 5) is 4.39. The van der Waals surface area contributed by atoms with Crippen molar-refractivity contribution < 1.29 is 24.2 Å². The molecule has 58 heavy (non-hydrogen) atoms. The van der Waals surface area contributed by atoms with Crippen molar-refractivity contribution in [2.24, 2.45) is 0 Å². The molecule has 7 aromatic carbocycles. The molecule has 8 heteroatoms. The molecule has 0 aliphatic carbocycles. The van der Waals surface area contributed by atoms with Crippen LogP contribution < -0.4 is 33.8 Å². The third-order valence-electron chi connectivity index (χ3n) is 10.0. The van der Waals surface area contributed by atoms with E-state index in [0.29, 0.717) is 5.69 Å². The van der Waals surface area contributed by atoms with E-state index in [2.05, 4.69) is 64.4 Å². The summed E-state index contributed by atoms with van der Waals surface area (Å²) < 4.78 is 21.8. The Labute approximate surface area is 341 Å². The van der Waals surface area contributed by atoms with Gasteiger partial charge >= 0.3 is 0 Å². The van der Waals surface area contributed by atoms with Crippen LogP contribution in [-0.2, 0) is 0 Å². The highest BCUT2D eigenvalue weighted by atomic mass is 16.5. The Bertz CT molecular complexity index is 2150. The van der Waals surface area contributed by atoms with Crippen molar-refractivity contribution >= 4 is 39.8 Å². The van der Waals surface area contributed by atoms with Gasteiger partial charge in [0.15, 0.2) is 0 Å². The molecule has 294 valence electrons. The second-order valence-electron chi connectivity index (χ2n) is 14.8. The molecule has 7 aromatic rings. The number of nitrogens with zero attached hydrogens (tertiary/aromatic N) is 3. The van der Waals surface area contributed by atoms with E-state index >= 15 is 0 Å². The molecule has 0 heterocycles. The number of rotatable bonds is 13. The zero-order valence-corrected chi connectivity index (χ0v) is 34.0. The van der Waals surface area contributed by atoms with Crippen LogP contribution in [0.15, 0.2) is 164 Å². The Morgan fingerprint density at radius 1 is 0.328 bits per heavy atom. The van der Waals surface area contributed by atoms with Gasteiger partial charge in [-0.3, -0.25) is 10.3 Å². The molecule has 0 amide bonds. The molecular weight excluding hydrogens is 723 g/mol. The molecule has 0 bridgehead atoms. The minimum absolute atomic E-state index is 0.530. The summed E-state index contributed by atoms with van der Waals surface area (Å²) in [5.41, 5.74) is 10.1. The van der Waals surface area contributed by atoms with Gasteiger partial charge in [-0.25, -0.2) is 0 Å². The lowest BCUT2D eigenvalue weighted by Crippen LogP contribution is -2.38. The highest BCUT2D eigenvalue weighted by Crippen LogP contribution is 2.41. The molecule has 0 fully saturated rings. The first-order valence-corrected chi connectivity index (χ1v) is 19.1. The first-order chi connectivity index (χ1) is 28.1. The Hall–Kier alpha value is -6.90. The fraction of sp³-hybridized carbons (Fsp3) is 0.160. The summed E-state index contributed by atoms with van der Waals surface area (Å²) in [7, 11) is 6.68. The van der Waals surface area contributed by atoms with E-state index < -0.39 is 5.54 Å². The Kier molecular flexibility index (Phi) is 11.6. The SMILES string of the molecule is COc1ccc(N(c2ccc(OC)cc2)c2ccc(-c3cc(-c4ccc(N(c5ccc(OC)cc5)c5ccc(OC)cc5)cc4)cc(N(O)C(C)(C)C)c3)cc2)cc1. The predicted molar refractivity (Wildman–Crippen MR) is 237 cm³/mol. The van der Waals surface area contributed by atoms with Crippen molar-refractivity contribution in [3.63, 3.8) is 0 Å². The maximum absolute atomic E-state index is 11.5. The summed E-state index contributed by atoms with van der Waals surface area (Å²) in [6, 6.07) is 55.4. The lowest BCUT2D eigenvalue weighted by Gasteiger charge is -2.32. The highest BCUT2D eigenvalue weighted by molar-refractivity contribution is 5.83. The smallest absolute Gasteiger partial charge is 0.119 e. The molecule has 8 nitrogen and oxygen atoms in total. The van der Waals surface area contributed by atoms with E-state index in [1.54, 1.807) is 28.4 Å². The van der Waals surface area contributed by atoms with Crippen LogP contribution in [0, 0.1) is 0 Å². The zero-order chi connectivity index (χ0) is 40.8. The summed E-state index contributed by atoms with van der Waals surface area (Å²) in [6.07, 6.45) is 0. The third kappa shape index (κ3) is 8.57. The number of methoxy groups -OCH3 is 4. The summed E-state index contributed by atoms with van der Waals surface area (Å²) in [6.45, 7) is 5.97. The minimum Gasteiger partial charge on any atom is -0.497 e. The Balaban J connectivity index is 1.26. The van der Waals surface area contributed by atoms with Crippen molar-refractivity contribution in [3.05, 3.63) is 164 Å². The van der Waals surface area contributed by atoms with E-state index in [1.807, 2.05) is 130 Å². The van der Waals surface area contributed by atoms with Crippen molar-refractivity contribution in [2.75, 3.05) is 43.3 Å². The summed E-state index contributed by atoms with van der Waals surface area (Å²) in [5, 5.41) is 12.8. The van der Waals surface area contributed by atoms with Crippen LogP contribution in [0.5, 0.6) is 23.0 Å². The lowest BCUT2D eigenvalue weighted by molar-refractivity contribution is 0.181. The number of benzene rings is 7. The average Bonchev–Trinajstić information content (AvgIpc) is 3.27. The summed E-state index contributed by atoms with van der Waals surface area (Å²) >= 11 is 0. The number of hydrogen-bond donors (Lipinski definition) is 1. The third-order valence-corrected chi connectivity index (χ3v) is 10.0. The van der Waals surface area contributed by atoms with Gasteiger partial charge in [0.2, 0.25) is 0 Å². The van der Waals surface area contributed by atoms with Crippen LogP contribution in [0.3, 0.4) is 0 Å². The second-order valence-corrected chi connectivity index (χ2v) is 14.8. The normalized spacial score (nSPS) is 11.1. The van der Waals surface area contributed by atoms with Gasteiger partial charge < -0.3 is 28.7 Å². The first kappa shape index (κ1) is 39.3. The monoisotopic (exact) mass is 771 g/mol. The van der Waals surface area contributed by atoms with Gasteiger partial charge in [0, 0.05) is 34.1 Å². The van der Waals surface area contributed by atoms with E-state index in [-0.39, 0.29) is 0 Å². The number of ether oxygens (including phenoxy) is 4. The van der Waals surface area contributed by atoms with E-state index in [1.165, 1.54) is 5.06 Å². The van der Waals surface area contributed by atoms with Gasteiger partial charge in [0.05, 0.1) is 39.7 Å². The summed E-state index contributed by atoms with van der Waals surface area (Å²) in [5.74, 6) is 3.16. The van der Waals surface area contributed by atoms with Gasteiger partial charge in [-0.15, -0.1) is 0 Å². The van der Waals surface area contributed by atoms with E-state index in [0.717, 1.165) is 79.4 Å². The van der Waals surface area contributed by atoms with Gasteiger partial charge in [-0.05, 0) is 183 Å². The predicted octanol–water partition coefficient (Wildman–Crippen LogP) is 13.0.